The molecule has 0 radical (unpaired) electrons. The van der Waals surface area contributed by atoms with Gasteiger partial charge in [-0.05, 0) is 31.2 Å². The lowest BCUT2D eigenvalue weighted by atomic mass is 10.1. The SMILES string of the molecule is CC(=Nc1ccccc1N)c1c(O)c2ccccc2oc1=O. The van der Waals surface area contributed by atoms with Crippen LogP contribution < -0.4 is 11.4 Å². The standard InChI is InChI=1S/C17H14N2O3/c1-10(19-13-8-4-3-7-12(13)18)15-16(20)11-6-2-5-9-14(11)22-17(15)21/h2-9,20H,18H2,1H3. The zero-order valence-electron chi connectivity index (χ0n) is 11.9. The number of nitrogens with zero attached hydrogens (tertiary/aromatic N) is 1. The Balaban J connectivity index is 2.22. The molecule has 0 saturated carbocycles. The topological polar surface area (TPSA) is 88.8 Å². The lowest BCUT2D eigenvalue weighted by Crippen LogP contribution is -2.12. The summed E-state index contributed by atoms with van der Waals surface area (Å²) in [5, 5.41) is 10.8. The van der Waals surface area contributed by atoms with Gasteiger partial charge in [0.2, 0.25) is 0 Å². The smallest absolute Gasteiger partial charge is 0.349 e. The maximum atomic E-state index is 12.1. The number of nitrogens with two attached hydrogens (primary N) is 1. The highest BCUT2D eigenvalue weighted by Crippen LogP contribution is 2.28. The predicted octanol–water partition coefficient (Wildman–Crippen LogP) is 3.22. The van der Waals surface area contributed by atoms with Gasteiger partial charge in [0.05, 0.1) is 22.5 Å². The lowest BCUT2D eigenvalue weighted by molar-refractivity contribution is 0.466. The number of aliphatic imine (C=N–C) groups is 1. The van der Waals surface area contributed by atoms with E-state index >= 15 is 0 Å². The third kappa shape index (κ3) is 2.33. The molecule has 1 aromatic heterocycles. The molecule has 110 valence electrons. The van der Waals surface area contributed by atoms with Crippen LogP contribution >= 0.6 is 0 Å². The second-order valence-corrected chi connectivity index (χ2v) is 4.87. The van der Waals surface area contributed by atoms with E-state index in [1.54, 1.807) is 55.5 Å². The van der Waals surface area contributed by atoms with Gasteiger partial charge in [-0.2, -0.15) is 0 Å². The molecule has 0 amide bonds. The molecule has 0 aliphatic heterocycles. The van der Waals surface area contributed by atoms with E-state index in [-0.39, 0.29) is 11.3 Å². The van der Waals surface area contributed by atoms with Gasteiger partial charge in [0.1, 0.15) is 16.9 Å². The van der Waals surface area contributed by atoms with Crippen LogP contribution in [0.15, 0.2) is 62.7 Å². The molecule has 22 heavy (non-hydrogen) atoms. The summed E-state index contributed by atoms with van der Waals surface area (Å²) in [6.07, 6.45) is 0. The Morgan fingerprint density at radius 2 is 1.82 bits per heavy atom. The van der Waals surface area contributed by atoms with Crippen LogP contribution in [0.1, 0.15) is 12.5 Å². The van der Waals surface area contributed by atoms with Crippen molar-refractivity contribution < 1.29 is 9.52 Å². The summed E-state index contributed by atoms with van der Waals surface area (Å²) in [6.45, 7) is 1.63. The molecule has 3 rings (SSSR count). The molecule has 0 unspecified atom stereocenters. The highest BCUT2D eigenvalue weighted by Gasteiger charge is 2.16. The molecule has 0 saturated heterocycles. The number of nitrogen functional groups attached to an aromatic ring is 1. The van der Waals surface area contributed by atoms with Gasteiger partial charge < -0.3 is 15.3 Å². The summed E-state index contributed by atoms with van der Waals surface area (Å²) in [5.41, 5.74) is 6.96. The Hall–Kier alpha value is -3.08. The first-order valence-corrected chi connectivity index (χ1v) is 6.73. The van der Waals surface area contributed by atoms with E-state index in [4.69, 9.17) is 10.2 Å². The van der Waals surface area contributed by atoms with Gasteiger partial charge in [0.25, 0.3) is 0 Å². The maximum absolute atomic E-state index is 12.1. The van der Waals surface area contributed by atoms with E-state index in [2.05, 4.69) is 4.99 Å². The summed E-state index contributed by atoms with van der Waals surface area (Å²) >= 11 is 0. The number of aromatic hydroxyl groups is 1. The molecular formula is C17H14N2O3. The average molecular weight is 294 g/mol. The predicted molar refractivity (Wildman–Crippen MR) is 86.9 cm³/mol. The number of para-hydroxylation sites is 3. The minimum Gasteiger partial charge on any atom is -0.506 e. The van der Waals surface area contributed by atoms with E-state index in [0.717, 1.165) is 0 Å². The van der Waals surface area contributed by atoms with Crippen molar-refractivity contribution in [1.29, 1.82) is 0 Å². The molecule has 0 fully saturated rings. The Kier molecular flexibility index (Phi) is 3.39. The molecule has 5 nitrogen and oxygen atoms in total. The van der Waals surface area contributed by atoms with Crippen molar-refractivity contribution in [1.82, 2.24) is 0 Å². The van der Waals surface area contributed by atoms with Crippen LogP contribution in [-0.4, -0.2) is 10.8 Å². The zero-order chi connectivity index (χ0) is 15.7. The fourth-order valence-corrected chi connectivity index (χ4v) is 2.28. The molecule has 0 atom stereocenters. The summed E-state index contributed by atoms with van der Waals surface area (Å²) in [7, 11) is 0. The molecule has 3 N–H and O–H groups in total. The van der Waals surface area contributed by atoms with Gasteiger partial charge in [-0.3, -0.25) is 4.99 Å². The van der Waals surface area contributed by atoms with Gasteiger partial charge in [-0.25, -0.2) is 4.79 Å². The van der Waals surface area contributed by atoms with Crippen molar-refractivity contribution in [2.45, 2.75) is 6.92 Å². The molecule has 0 aliphatic rings. The van der Waals surface area contributed by atoms with Crippen LogP contribution in [-0.2, 0) is 0 Å². The largest absolute Gasteiger partial charge is 0.506 e. The lowest BCUT2D eigenvalue weighted by Gasteiger charge is -2.07. The molecular weight excluding hydrogens is 280 g/mol. The Bertz CT molecular complexity index is 942. The molecule has 0 spiro atoms. The monoisotopic (exact) mass is 294 g/mol. The number of fused-ring (bicyclic) bond motifs is 1. The van der Waals surface area contributed by atoms with Crippen LogP contribution in [0.3, 0.4) is 0 Å². The molecule has 0 bridgehead atoms. The van der Waals surface area contributed by atoms with Gasteiger partial charge in [-0.1, -0.05) is 24.3 Å². The van der Waals surface area contributed by atoms with Crippen molar-refractivity contribution in [3.05, 3.63) is 64.5 Å². The summed E-state index contributed by atoms with van der Waals surface area (Å²) in [5.74, 6) is -0.136. The van der Waals surface area contributed by atoms with Crippen LogP contribution in [0, 0.1) is 0 Å². The van der Waals surface area contributed by atoms with Gasteiger partial charge in [0.15, 0.2) is 0 Å². The van der Waals surface area contributed by atoms with Crippen molar-refractivity contribution in [2.75, 3.05) is 5.73 Å². The van der Waals surface area contributed by atoms with Crippen LogP contribution in [0.25, 0.3) is 11.0 Å². The first-order chi connectivity index (χ1) is 10.6. The first-order valence-electron chi connectivity index (χ1n) is 6.73. The number of rotatable bonds is 2. The maximum Gasteiger partial charge on any atom is 0.349 e. The number of anilines is 1. The normalized spacial score (nSPS) is 11.8. The third-order valence-electron chi connectivity index (χ3n) is 3.37. The fraction of sp³-hybridized carbons (Fsp3) is 0.0588. The molecule has 1 heterocycles. The molecule has 3 aromatic rings. The van der Waals surface area contributed by atoms with Crippen molar-refractivity contribution >= 4 is 28.1 Å². The zero-order valence-corrected chi connectivity index (χ0v) is 11.9. The van der Waals surface area contributed by atoms with E-state index in [1.165, 1.54) is 0 Å². The summed E-state index contributed by atoms with van der Waals surface area (Å²) < 4.78 is 5.24. The quantitative estimate of drug-likeness (QED) is 0.431. The number of benzene rings is 2. The summed E-state index contributed by atoms with van der Waals surface area (Å²) in [6, 6.07) is 13.8. The van der Waals surface area contributed by atoms with E-state index in [0.29, 0.717) is 28.1 Å². The van der Waals surface area contributed by atoms with Crippen molar-refractivity contribution in [3.8, 4) is 5.75 Å². The first kappa shape index (κ1) is 13.9. The molecule has 5 heteroatoms. The van der Waals surface area contributed by atoms with Crippen molar-refractivity contribution in [2.24, 2.45) is 4.99 Å². The van der Waals surface area contributed by atoms with E-state index < -0.39 is 5.63 Å². The van der Waals surface area contributed by atoms with Gasteiger partial charge in [0, 0.05) is 0 Å². The van der Waals surface area contributed by atoms with E-state index in [9.17, 15) is 9.90 Å². The number of hydrogen-bond acceptors (Lipinski definition) is 5. The second-order valence-electron chi connectivity index (χ2n) is 4.87. The third-order valence-corrected chi connectivity index (χ3v) is 3.37. The Morgan fingerprint density at radius 3 is 2.59 bits per heavy atom. The molecule has 0 aliphatic carbocycles. The minimum absolute atomic E-state index is 0.0435. The van der Waals surface area contributed by atoms with Crippen LogP contribution in [0.5, 0.6) is 5.75 Å². The Labute approximate surface area is 126 Å². The highest BCUT2D eigenvalue weighted by atomic mass is 16.4. The number of hydrogen-bond donors (Lipinski definition) is 2. The van der Waals surface area contributed by atoms with Crippen LogP contribution in [0.4, 0.5) is 11.4 Å². The fourth-order valence-electron chi connectivity index (χ4n) is 2.28. The Morgan fingerprint density at radius 1 is 1.14 bits per heavy atom. The van der Waals surface area contributed by atoms with Crippen LogP contribution in [0.2, 0.25) is 0 Å². The molecule has 2 aromatic carbocycles. The average Bonchev–Trinajstić information content (AvgIpc) is 2.49. The second kappa shape index (κ2) is 5.37. The van der Waals surface area contributed by atoms with Crippen molar-refractivity contribution in [3.63, 3.8) is 0 Å². The van der Waals surface area contributed by atoms with Gasteiger partial charge in [-0.15, -0.1) is 0 Å². The summed E-state index contributed by atoms with van der Waals surface area (Å²) in [4.78, 5) is 16.5. The van der Waals surface area contributed by atoms with Gasteiger partial charge >= 0.3 is 5.63 Å². The van der Waals surface area contributed by atoms with E-state index in [1.807, 2.05) is 0 Å². The minimum atomic E-state index is -0.632. The highest BCUT2D eigenvalue weighted by molar-refractivity contribution is 6.06.